The summed E-state index contributed by atoms with van der Waals surface area (Å²) in [4.78, 5) is 28.5. The van der Waals surface area contributed by atoms with E-state index >= 15 is 0 Å². The zero-order valence-electron chi connectivity index (χ0n) is 18.1. The first kappa shape index (κ1) is 22.0. The van der Waals surface area contributed by atoms with Gasteiger partial charge < -0.3 is 10.6 Å². The Morgan fingerprint density at radius 1 is 0.969 bits per heavy atom. The third kappa shape index (κ3) is 5.36. The van der Waals surface area contributed by atoms with Crippen molar-refractivity contribution in [3.8, 4) is 0 Å². The number of anilines is 2. The first-order valence-electron chi connectivity index (χ1n) is 10.2. The predicted octanol–water partition coefficient (Wildman–Crippen LogP) is 6.42. The quantitative estimate of drug-likeness (QED) is 0.325. The second-order valence-electron chi connectivity index (χ2n) is 7.60. The molecule has 162 valence electrons. The molecular weight excluding hydrogens is 438 g/mol. The van der Waals surface area contributed by atoms with E-state index in [0.717, 1.165) is 42.8 Å². The van der Waals surface area contributed by atoms with E-state index in [4.69, 9.17) is 0 Å². The van der Waals surface area contributed by atoms with Gasteiger partial charge in [0.2, 0.25) is 5.91 Å². The van der Waals surface area contributed by atoms with E-state index in [1.807, 2.05) is 68.4 Å². The van der Waals surface area contributed by atoms with Gasteiger partial charge in [0.05, 0.1) is 10.2 Å². The second-order valence-corrected chi connectivity index (χ2v) is 9.85. The van der Waals surface area contributed by atoms with E-state index in [0.29, 0.717) is 5.56 Å². The van der Waals surface area contributed by atoms with Gasteiger partial charge in [0.25, 0.3) is 5.91 Å². The maximum Gasteiger partial charge on any atom is 0.255 e. The smallest absolute Gasteiger partial charge is 0.255 e. The van der Waals surface area contributed by atoms with E-state index < -0.39 is 0 Å². The van der Waals surface area contributed by atoms with Crippen molar-refractivity contribution >= 4 is 56.5 Å². The molecule has 2 amide bonds. The van der Waals surface area contributed by atoms with E-state index in [1.165, 1.54) is 12.5 Å². The van der Waals surface area contributed by atoms with E-state index in [1.54, 1.807) is 23.1 Å². The molecule has 3 aromatic carbocycles. The number of rotatable bonds is 6. The fourth-order valence-electron chi connectivity index (χ4n) is 3.29. The van der Waals surface area contributed by atoms with Crippen LogP contribution in [0.1, 0.15) is 34.0 Å². The summed E-state index contributed by atoms with van der Waals surface area (Å²) in [5, 5.41) is 5.78. The molecule has 7 heteroatoms. The summed E-state index contributed by atoms with van der Waals surface area (Å²) in [6.07, 6.45) is 0. The molecule has 1 aromatic heterocycles. The molecule has 4 aromatic rings. The number of hydrogen-bond donors (Lipinski definition) is 2. The Balaban J connectivity index is 1.38. The van der Waals surface area contributed by atoms with E-state index in [2.05, 4.69) is 21.7 Å². The van der Waals surface area contributed by atoms with Crippen LogP contribution in [0, 0.1) is 13.8 Å². The highest BCUT2D eigenvalue weighted by Gasteiger charge is 2.10. The van der Waals surface area contributed by atoms with Crippen LogP contribution in [0.3, 0.4) is 0 Å². The van der Waals surface area contributed by atoms with Gasteiger partial charge in [0.1, 0.15) is 0 Å². The number of carbonyl (C=O) groups excluding carboxylic acids is 2. The van der Waals surface area contributed by atoms with Crippen LogP contribution < -0.4 is 10.6 Å². The Kier molecular flexibility index (Phi) is 6.58. The minimum atomic E-state index is -0.114. The van der Waals surface area contributed by atoms with Crippen molar-refractivity contribution in [3.05, 3.63) is 82.9 Å². The fraction of sp³-hybridized carbons (Fsp3) is 0.160. The van der Waals surface area contributed by atoms with Crippen LogP contribution in [0.5, 0.6) is 0 Å². The molecule has 0 saturated heterocycles. The molecule has 4 rings (SSSR count). The number of hydrogen-bond acceptors (Lipinski definition) is 5. The van der Waals surface area contributed by atoms with Gasteiger partial charge in [0.15, 0.2) is 4.34 Å². The number of benzene rings is 3. The lowest BCUT2D eigenvalue weighted by atomic mass is 10.1. The number of thiazole rings is 1. The largest absolute Gasteiger partial charge is 0.326 e. The number of aromatic nitrogens is 1. The van der Waals surface area contributed by atoms with Crippen molar-refractivity contribution < 1.29 is 9.59 Å². The number of amides is 2. The van der Waals surface area contributed by atoms with Crippen LogP contribution in [0.2, 0.25) is 0 Å². The standard InChI is InChI=1S/C25H23N3O2S2/c1-15-4-10-21(16(2)12-15)27-24(30)19-7-5-18(6-8-19)14-31-25-28-22-11-9-20(26-17(3)29)13-23(22)32-25/h4-13H,14H2,1-3H3,(H,26,29)(H,27,30). The summed E-state index contributed by atoms with van der Waals surface area (Å²) in [6.45, 7) is 5.52. The lowest BCUT2D eigenvalue weighted by Crippen LogP contribution is -2.12. The molecule has 0 spiro atoms. The van der Waals surface area contributed by atoms with Gasteiger partial charge in [-0.1, -0.05) is 41.6 Å². The van der Waals surface area contributed by atoms with Gasteiger partial charge in [0, 0.05) is 29.6 Å². The van der Waals surface area contributed by atoms with Crippen LogP contribution in [0.4, 0.5) is 11.4 Å². The fourth-order valence-corrected chi connectivity index (χ4v) is 5.36. The minimum absolute atomic E-state index is 0.0883. The Bertz CT molecular complexity index is 1300. The summed E-state index contributed by atoms with van der Waals surface area (Å²) in [5.41, 5.74) is 6.50. The van der Waals surface area contributed by atoms with Gasteiger partial charge >= 0.3 is 0 Å². The first-order valence-corrected chi connectivity index (χ1v) is 12.0. The maximum atomic E-state index is 12.6. The maximum absolute atomic E-state index is 12.6. The molecule has 0 aliphatic heterocycles. The SMILES string of the molecule is CC(=O)Nc1ccc2nc(SCc3ccc(C(=O)Nc4ccc(C)cc4C)cc3)sc2c1. The summed E-state index contributed by atoms with van der Waals surface area (Å²) in [7, 11) is 0. The Morgan fingerprint density at radius 3 is 2.47 bits per heavy atom. The molecule has 32 heavy (non-hydrogen) atoms. The van der Waals surface area contributed by atoms with Crippen LogP contribution in [-0.2, 0) is 10.5 Å². The molecular formula is C25H23N3O2S2. The van der Waals surface area contributed by atoms with Crippen molar-refractivity contribution in [1.82, 2.24) is 4.98 Å². The number of aryl methyl sites for hydroxylation is 2. The van der Waals surface area contributed by atoms with Gasteiger partial charge in [-0.2, -0.15) is 0 Å². The number of carbonyl (C=O) groups is 2. The topological polar surface area (TPSA) is 71.1 Å². The number of fused-ring (bicyclic) bond motifs is 1. The molecule has 0 unspecified atom stereocenters. The van der Waals surface area contributed by atoms with Crippen molar-refractivity contribution in [2.45, 2.75) is 30.9 Å². The Hall–Kier alpha value is -3.16. The summed E-state index contributed by atoms with van der Waals surface area (Å²) < 4.78 is 2.01. The van der Waals surface area contributed by atoms with Gasteiger partial charge in [-0.3, -0.25) is 9.59 Å². The molecule has 0 fully saturated rings. The van der Waals surface area contributed by atoms with Crippen LogP contribution >= 0.6 is 23.1 Å². The van der Waals surface area contributed by atoms with Gasteiger partial charge in [-0.05, 0) is 61.4 Å². The average Bonchev–Trinajstić information content (AvgIpc) is 3.16. The van der Waals surface area contributed by atoms with Crippen molar-refractivity contribution in [1.29, 1.82) is 0 Å². The van der Waals surface area contributed by atoms with Crippen LogP contribution in [0.15, 0.2) is 65.0 Å². The van der Waals surface area contributed by atoms with Crippen LogP contribution in [0.25, 0.3) is 10.2 Å². The molecule has 0 atom stereocenters. The lowest BCUT2D eigenvalue weighted by molar-refractivity contribution is -0.114. The minimum Gasteiger partial charge on any atom is -0.326 e. The van der Waals surface area contributed by atoms with Gasteiger partial charge in [-0.25, -0.2) is 4.98 Å². The molecule has 0 saturated carbocycles. The zero-order chi connectivity index (χ0) is 22.7. The summed E-state index contributed by atoms with van der Waals surface area (Å²) in [6, 6.07) is 19.4. The van der Waals surface area contributed by atoms with Crippen molar-refractivity contribution in [2.24, 2.45) is 0 Å². The monoisotopic (exact) mass is 461 g/mol. The molecule has 0 aliphatic rings. The third-order valence-corrected chi connectivity index (χ3v) is 7.13. The summed E-state index contributed by atoms with van der Waals surface area (Å²) >= 11 is 3.26. The van der Waals surface area contributed by atoms with Gasteiger partial charge in [-0.15, -0.1) is 11.3 Å². The Morgan fingerprint density at radius 2 is 1.75 bits per heavy atom. The highest BCUT2D eigenvalue weighted by atomic mass is 32.2. The van der Waals surface area contributed by atoms with Crippen LogP contribution in [-0.4, -0.2) is 16.8 Å². The predicted molar refractivity (Wildman–Crippen MR) is 134 cm³/mol. The third-order valence-electron chi connectivity index (χ3n) is 4.90. The van der Waals surface area contributed by atoms with E-state index in [9.17, 15) is 9.59 Å². The lowest BCUT2D eigenvalue weighted by Gasteiger charge is -2.09. The average molecular weight is 462 g/mol. The van der Waals surface area contributed by atoms with Crippen molar-refractivity contribution in [3.63, 3.8) is 0 Å². The highest BCUT2D eigenvalue weighted by molar-refractivity contribution is 8.00. The molecule has 1 heterocycles. The number of thioether (sulfide) groups is 1. The Labute approximate surface area is 195 Å². The molecule has 5 nitrogen and oxygen atoms in total. The molecule has 0 radical (unpaired) electrons. The first-order chi connectivity index (χ1) is 15.4. The normalized spacial score (nSPS) is 10.8. The van der Waals surface area contributed by atoms with E-state index in [-0.39, 0.29) is 11.8 Å². The highest BCUT2D eigenvalue weighted by Crippen LogP contribution is 2.33. The number of nitrogens with one attached hydrogen (secondary N) is 2. The summed E-state index contributed by atoms with van der Waals surface area (Å²) in [5.74, 6) is 0.559. The molecule has 0 aliphatic carbocycles. The molecule has 0 bridgehead atoms. The molecule has 2 N–H and O–H groups in total. The zero-order valence-corrected chi connectivity index (χ0v) is 19.7. The number of nitrogens with zero attached hydrogens (tertiary/aromatic N) is 1. The van der Waals surface area contributed by atoms with Crippen molar-refractivity contribution in [2.75, 3.05) is 10.6 Å². The second kappa shape index (κ2) is 9.54.